The van der Waals surface area contributed by atoms with Gasteiger partial charge in [0.25, 0.3) is 0 Å². The number of likely N-dealkylation sites (N-methyl/N-ethyl adjacent to an activating group) is 2. The predicted octanol–water partition coefficient (Wildman–Crippen LogP) is 9.33. The van der Waals surface area contributed by atoms with Gasteiger partial charge in [-0.2, -0.15) is 0 Å². The van der Waals surface area contributed by atoms with Crippen molar-refractivity contribution in [1.29, 1.82) is 0 Å². The number of benzene rings is 2. The summed E-state index contributed by atoms with van der Waals surface area (Å²) in [6.07, 6.45) is 10.6. The molecule has 2 aromatic carbocycles. The van der Waals surface area contributed by atoms with E-state index in [1.165, 1.54) is 14.2 Å². The van der Waals surface area contributed by atoms with Gasteiger partial charge in [-0.3, -0.25) is 14.4 Å². The molecule has 6 aromatic rings. The van der Waals surface area contributed by atoms with Crippen LogP contribution in [0.3, 0.4) is 0 Å². The second kappa shape index (κ2) is 24.6. The number of unbranched alkanes of at least 4 members (excludes halogenated alkanes) is 3. The SMILES string of the molecule is C=C(C(NC(=O)C(C)NC)C(C)(C)C)N1CCCC1c1nc(C(=O)OC)c(-c2cn(CCCCCCn3cc(-c4oc(C5CCCN5C(=O)C(NC(=O)C(C)NC)C(C)(C)C)nc4C(=O)OC)c4ccccc43)c3ccccc23)o1. The average Bonchev–Trinajstić information content (AvgIpc) is 4.42. The van der Waals surface area contributed by atoms with Crippen LogP contribution in [0.25, 0.3) is 44.5 Å². The van der Waals surface area contributed by atoms with E-state index in [1.807, 2.05) is 76.5 Å². The number of carbonyl (C=O) groups is 5. The Bertz CT molecular complexity index is 3010. The zero-order chi connectivity index (χ0) is 57.8. The molecule has 0 spiro atoms. The third-order valence-electron chi connectivity index (χ3n) is 15.9. The van der Waals surface area contributed by atoms with Crippen LogP contribution in [0.2, 0.25) is 0 Å². The minimum absolute atomic E-state index is 0.0363. The number of ether oxygens (including phenoxy) is 2. The number of nitrogens with one attached hydrogen (secondary N) is 4. The second-order valence-corrected chi connectivity index (χ2v) is 23.5. The Hall–Kier alpha value is -7.25. The maximum absolute atomic E-state index is 14.4. The molecule has 19 heteroatoms. The van der Waals surface area contributed by atoms with E-state index in [9.17, 15) is 24.0 Å². The summed E-state index contributed by atoms with van der Waals surface area (Å²) in [5, 5.41) is 14.0. The molecule has 4 aromatic heterocycles. The van der Waals surface area contributed by atoms with Crippen molar-refractivity contribution < 1.29 is 42.3 Å². The number of aromatic nitrogens is 4. The normalized spacial score (nSPS) is 17.4. The van der Waals surface area contributed by atoms with Crippen molar-refractivity contribution in [2.24, 2.45) is 10.8 Å². The minimum Gasteiger partial charge on any atom is -0.464 e. The molecule has 8 rings (SSSR count). The lowest BCUT2D eigenvalue weighted by atomic mass is 9.84. The summed E-state index contributed by atoms with van der Waals surface area (Å²) in [7, 11) is 6.11. The molecule has 0 radical (unpaired) electrons. The average molecular weight is 1100 g/mol. The molecular formula is C61H82N10O9. The van der Waals surface area contributed by atoms with Crippen LogP contribution >= 0.6 is 0 Å². The lowest BCUT2D eigenvalue weighted by Crippen LogP contribution is -2.57. The molecule has 2 aliphatic rings. The highest BCUT2D eigenvalue weighted by molar-refractivity contribution is 6.02. The summed E-state index contributed by atoms with van der Waals surface area (Å²) in [6, 6.07) is 13.2. The van der Waals surface area contributed by atoms with Gasteiger partial charge in [-0.15, -0.1) is 0 Å². The van der Waals surface area contributed by atoms with Crippen LogP contribution in [0.5, 0.6) is 0 Å². The van der Waals surface area contributed by atoms with Crippen LogP contribution < -0.4 is 21.3 Å². The number of nitrogens with zero attached hydrogens (tertiary/aromatic N) is 6. The molecule has 3 amide bonds. The molecule has 2 saturated heterocycles. The van der Waals surface area contributed by atoms with Gasteiger partial charge in [-0.25, -0.2) is 19.6 Å². The van der Waals surface area contributed by atoms with Crippen LogP contribution in [0.15, 0.2) is 82.0 Å². The third kappa shape index (κ3) is 12.2. The van der Waals surface area contributed by atoms with E-state index in [4.69, 9.17) is 28.3 Å². The highest BCUT2D eigenvalue weighted by atomic mass is 16.5. The summed E-state index contributed by atoms with van der Waals surface area (Å²) in [4.78, 5) is 81.0. The van der Waals surface area contributed by atoms with Crippen LogP contribution in [0.4, 0.5) is 0 Å². The molecule has 0 saturated carbocycles. The molecule has 6 atom stereocenters. The van der Waals surface area contributed by atoms with Gasteiger partial charge in [0.2, 0.25) is 29.5 Å². The number of methoxy groups -OCH3 is 2. The number of rotatable bonds is 22. The van der Waals surface area contributed by atoms with Gasteiger partial charge in [-0.05, 0) is 89.4 Å². The summed E-state index contributed by atoms with van der Waals surface area (Å²) in [5.41, 5.74) is 3.38. The number of aryl methyl sites for hydroxylation is 2. The molecule has 2 aliphatic heterocycles. The number of likely N-dealkylation sites (tertiary alicyclic amines) is 2. The van der Waals surface area contributed by atoms with E-state index in [2.05, 4.69) is 74.8 Å². The van der Waals surface area contributed by atoms with Crippen molar-refractivity contribution in [2.75, 3.05) is 41.4 Å². The maximum atomic E-state index is 14.4. The fourth-order valence-corrected chi connectivity index (χ4v) is 11.2. The highest BCUT2D eigenvalue weighted by Crippen LogP contribution is 2.43. The van der Waals surface area contributed by atoms with Crippen molar-refractivity contribution in [3.8, 4) is 22.6 Å². The fraction of sp³-hybridized carbons (Fsp3) is 0.525. The molecule has 6 unspecified atom stereocenters. The molecule has 0 aliphatic carbocycles. The van der Waals surface area contributed by atoms with E-state index in [-0.39, 0.29) is 64.3 Å². The smallest absolute Gasteiger partial charge is 0.360 e. The van der Waals surface area contributed by atoms with Crippen LogP contribution in [0, 0.1) is 10.8 Å². The van der Waals surface area contributed by atoms with E-state index in [1.54, 1.807) is 25.9 Å². The van der Waals surface area contributed by atoms with Crippen molar-refractivity contribution in [3.63, 3.8) is 0 Å². The Morgan fingerprint density at radius 2 is 1.05 bits per heavy atom. The number of oxazole rings is 2. The molecule has 430 valence electrons. The van der Waals surface area contributed by atoms with Gasteiger partial charge in [0.1, 0.15) is 18.1 Å². The monoisotopic (exact) mass is 1100 g/mol. The zero-order valence-corrected chi connectivity index (χ0v) is 48.8. The summed E-state index contributed by atoms with van der Waals surface area (Å²) >= 11 is 0. The van der Waals surface area contributed by atoms with Gasteiger partial charge < -0.3 is 58.5 Å². The summed E-state index contributed by atoms with van der Waals surface area (Å²) in [6.45, 7) is 22.7. The number of hydrogen-bond donors (Lipinski definition) is 4. The van der Waals surface area contributed by atoms with E-state index in [0.29, 0.717) is 49.7 Å². The zero-order valence-electron chi connectivity index (χ0n) is 48.8. The molecule has 19 nitrogen and oxygen atoms in total. The van der Waals surface area contributed by atoms with Crippen molar-refractivity contribution in [3.05, 3.63) is 96.4 Å². The molecule has 2 fully saturated rings. The number of esters is 2. The van der Waals surface area contributed by atoms with E-state index >= 15 is 0 Å². The van der Waals surface area contributed by atoms with Crippen LogP contribution in [0.1, 0.15) is 152 Å². The van der Waals surface area contributed by atoms with Crippen LogP contribution in [-0.4, -0.2) is 124 Å². The first kappa shape index (κ1) is 58.9. The van der Waals surface area contributed by atoms with Gasteiger partial charge in [0.05, 0.1) is 32.3 Å². The van der Waals surface area contributed by atoms with E-state index in [0.717, 1.165) is 78.1 Å². The summed E-state index contributed by atoms with van der Waals surface area (Å²) < 4.78 is 28.2. The lowest BCUT2D eigenvalue weighted by molar-refractivity contribution is -0.141. The second-order valence-electron chi connectivity index (χ2n) is 23.5. The topological polar surface area (TPSA) is 220 Å². The minimum atomic E-state index is -0.811. The largest absolute Gasteiger partial charge is 0.464 e. The van der Waals surface area contributed by atoms with Gasteiger partial charge in [-0.1, -0.05) is 97.4 Å². The number of amides is 3. The Morgan fingerprint density at radius 1 is 0.637 bits per heavy atom. The molecule has 0 bridgehead atoms. The Balaban J connectivity index is 0.973. The highest BCUT2D eigenvalue weighted by Gasteiger charge is 2.44. The van der Waals surface area contributed by atoms with E-state index < -0.39 is 35.5 Å². The standard InChI is InChI=1S/C61H82N10O9/c1-36(62-10)53(72)66-51(60(4,5)6)38(3)70-32-22-28-45(70)55-64-47(58(75)77-12)49(79-55)41-34-68(43-26-18-16-24-39(41)43)30-20-14-15-21-31-69-35-42(40-25-17-19-27-44(40)69)50-48(59(76)78-13)65-56(80-50)46-29-23-33-71(46)57(74)52(61(7,8)9)67-54(73)37(2)63-11/h16-19,24-27,34-37,45-46,51-52,62-63H,3,14-15,20-23,28-33H2,1-2,4-13H3,(H,66,72)(H,67,73). The van der Waals surface area contributed by atoms with Crippen molar-refractivity contribution >= 4 is 51.5 Å². The molecule has 4 N–H and O–H groups in total. The molecule has 80 heavy (non-hydrogen) atoms. The fourth-order valence-electron chi connectivity index (χ4n) is 11.2. The predicted molar refractivity (Wildman–Crippen MR) is 307 cm³/mol. The summed E-state index contributed by atoms with van der Waals surface area (Å²) in [5.74, 6) is -0.601. The lowest BCUT2D eigenvalue weighted by Gasteiger charge is -2.39. The third-order valence-corrected chi connectivity index (χ3v) is 15.9. The first-order valence-corrected chi connectivity index (χ1v) is 28.2. The van der Waals surface area contributed by atoms with Gasteiger partial charge in [0, 0.05) is 77.2 Å². The van der Waals surface area contributed by atoms with Crippen molar-refractivity contribution in [2.45, 2.75) is 156 Å². The Morgan fingerprint density at radius 3 is 1.48 bits per heavy atom. The van der Waals surface area contributed by atoms with Crippen LogP contribution in [-0.2, 0) is 36.9 Å². The first-order valence-electron chi connectivity index (χ1n) is 28.2. The molecular weight excluding hydrogens is 1020 g/mol. The Kier molecular flexibility index (Phi) is 18.1. The quantitative estimate of drug-likeness (QED) is 0.0368. The number of fused-ring (bicyclic) bond motifs is 2. The van der Waals surface area contributed by atoms with Gasteiger partial charge in [0.15, 0.2) is 22.9 Å². The Labute approximate surface area is 469 Å². The van der Waals surface area contributed by atoms with Gasteiger partial charge >= 0.3 is 11.9 Å². The molecule has 6 heterocycles. The number of hydrogen-bond acceptors (Lipinski definition) is 14. The van der Waals surface area contributed by atoms with Crippen molar-refractivity contribution in [1.82, 2.24) is 50.2 Å². The first-order chi connectivity index (χ1) is 38.1. The number of para-hydroxylation sites is 2. The maximum Gasteiger partial charge on any atom is 0.360 e. The number of carbonyl (C=O) groups excluding carboxylic acids is 5.